The van der Waals surface area contributed by atoms with Crippen molar-refractivity contribution in [2.75, 3.05) is 59.9 Å². The molecule has 1 aliphatic rings. The van der Waals surface area contributed by atoms with Crippen molar-refractivity contribution in [3.63, 3.8) is 0 Å². The van der Waals surface area contributed by atoms with Crippen molar-refractivity contribution in [3.8, 4) is 62.1 Å². The molecule has 143 heavy (non-hydrogen) atoms. The molecule has 20 aromatic rings. The van der Waals surface area contributed by atoms with E-state index in [1.54, 1.807) is 126 Å². The van der Waals surface area contributed by atoms with Crippen molar-refractivity contribution in [3.05, 3.63) is 429 Å². The molecule has 9 aromatic heterocycles. The van der Waals surface area contributed by atoms with Crippen molar-refractivity contribution >= 4 is 148 Å². The van der Waals surface area contributed by atoms with Gasteiger partial charge >= 0.3 is 0 Å². The minimum Gasteiger partial charge on any atom is -0.480 e. The Morgan fingerprint density at radius 1 is 0.350 bits per heavy atom. The van der Waals surface area contributed by atoms with E-state index in [4.69, 9.17) is 120 Å². The monoisotopic (exact) mass is 2070 g/mol. The van der Waals surface area contributed by atoms with Gasteiger partial charge in [0.2, 0.25) is 17.6 Å². The van der Waals surface area contributed by atoms with Gasteiger partial charge in [0.15, 0.2) is 22.4 Å². The van der Waals surface area contributed by atoms with Gasteiger partial charge in [-0.05, 0) is 166 Å². The Morgan fingerprint density at radius 2 is 0.650 bits per heavy atom. The van der Waals surface area contributed by atoms with E-state index in [9.17, 15) is 20.4 Å². The highest BCUT2D eigenvalue weighted by Gasteiger charge is 2.44. The number of halogens is 7. The summed E-state index contributed by atoms with van der Waals surface area (Å²) in [4.78, 5) is 43.9. The first-order valence-corrected chi connectivity index (χ1v) is 50.1. The molecule has 722 valence electrons. The standard InChI is InChI=1S/C30H26Cl2N4O2.C29H25Cl2N3O3.C27H21Cl2N3O2.C26H23ClN4OS2/c1-35-19-33-18-26(35)30(37,21-7-10-23(31)11-8-21)22-9-12-25-24(17-22)28(32)27(20-5-3-2-4-6-20)29(34-25)38-16-15-36-13-14-36;1-34-18-32-17-25(34)29(35,20-8-11-22(30)12-9-20)21-10-13-24-23(16-21)27(31)26(19-6-4-3-5-7-19)28(33-24)37-15-14-36-2;1-32-16-30-15-23(32)27(33,18-8-11-20(28)12-9-18)19-10-13-22-21(14-19)25(29)24(26(31-22)34-2)17-6-4-3-5-7-17;1-15-24(34-16(2)29-15)26(32,21-13-28-14-31(21)3)18-10-11-20-19(12-18)23(27)22(25(30-20)33-4)17-8-6-5-7-9-17/h2-12,17-19,37H,13-16H2,1H3;3-13,16-18,35H,14-15H2,1-2H3;3-16,33H,1-2H3;5-14,32H,1-4H3. The number of hydrogen-bond acceptors (Lipinski definition) is 20. The van der Waals surface area contributed by atoms with Gasteiger partial charge in [-0.15, -0.1) is 23.1 Å². The third-order valence-corrected chi connectivity index (χ3v) is 29.5. The fourth-order valence-corrected chi connectivity index (χ4v) is 21.4. The van der Waals surface area contributed by atoms with Crippen molar-refractivity contribution in [1.29, 1.82) is 0 Å². The van der Waals surface area contributed by atoms with E-state index < -0.39 is 22.4 Å². The number of hydrogen-bond donors (Lipinski definition) is 4. The number of rotatable bonds is 26. The summed E-state index contributed by atoms with van der Waals surface area (Å²) in [5.74, 6) is 1.37. The maximum absolute atomic E-state index is 12.4. The molecular formula is C112H95Cl7N14O8S2. The summed E-state index contributed by atoms with van der Waals surface area (Å²) >= 11 is 49.7. The van der Waals surface area contributed by atoms with Gasteiger partial charge in [0.1, 0.15) is 18.2 Å². The van der Waals surface area contributed by atoms with E-state index in [0.717, 1.165) is 89.9 Å². The number of pyridine rings is 4. The zero-order valence-corrected chi connectivity index (χ0v) is 85.8. The van der Waals surface area contributed by atoms with Crippen LogP contribution in [0.15, 0.2) is 322 Å². The largest absolute Gasteiger partial charge is 0.480 e. The van der Waals surface area contributed by atoms with Gasteiger partial charge in [0.05, 0.1) is 161 Å². The van der Waals surface area contributed by atoms with E-state index in [1.807, 2.05) is 283 Å². The molecule has 0 bridgehead atoms. The highest BCUT2D eigenvalue weighted by Crippen LogP contribution is 2.51. The molecule has 21 rings (SSSR count). The number of aromatic nitrogens is 13. The zero-order valence-electron chi connectivity index (χ0n) is 78.9. The van der Waals surface area contributed by atoms with Crippen LogP contribution >= 0.6 is 104 Å². The lowest BCUT2D eigenvalue weighted by molar-refractivity contribution is 0.117. The summed E-state index contributed by atoms with van der Waals surface area (Å²) in [5, 5.41) is 57.8. The minimum atomic E-state index is -1.52. The number of thioether (sulfide) groups is 1. The average Bonchev–Trinajstić information content (AvgIpc) is 1.69. The Kier molecular flexibility index (Phi) is 30.1. The van der Waals surface area contributed by atoms with Crippen molar-refractivity contribution in [2.45, 2.75) is 41.3 Å². The molecule has 1 aliphatic heterocycles. The Morgan fingerprint density at radius 3 is 0.958 bits per heavy atom. The third kappa shape index (κ3) is 20.0. The molecule has 1 fully saturated rings. The maximum Gasteiger partial charge on any atom is 0.223 e. The van der Waals surface area contributed by atoms with E-state index in [2.05, 4.69) is 29.8 Å². The summed E-state index contributed by atoms with van der Waals surface area (Å²) < 4.78 is 30.1. The number of fused-ring (bicyclic) bond motifs is 4. The van der Waals surface area contributed by atoms with Gasteiger partial charge in [0, 0.05) is 97.1 Å². The smallest absolute Gasteiger partial charge is 0.223 e. The number of ether oxygens (including phenoxy) is 4. The highest BCUT2D eigenvalue weighted by atomic mass is 35.5. The van der Waals surface area contributed by atoms with Crippen molar-refractivity contribution < 1.29 is 39.4 Å². The first kappa shape index (κ1) is 100. The van der Waals surface area contributed by atoms with Crippen molar-refractivity contribution in [1.82, 2.24) is 68.0 Å². The van der Waals surface area contributed by atoms with Crippen LogP contribution in [0.2, 0.25) is 35.2 Å². The van der Waals surface area contributed by atoms with Crippen LogP contribution in [0.5, 0.6) is 17.6 Å². The van der Waals surface area contributed by atoms with Gasteiger partial charge in [-0.2, -0.15) is 0 Å². The Hall–Kier alpha value is -12.9. The molecule has 1 saturated heterocycles. The SMILES string of the molecule is COCCOc1nc2ccc(C(O)(c3ccc(Cl)cc3)c3cncn3C)cc2c(Cl)c1-c1ccccc1.COc1nc2ccc(C(O)(c3ccc(Cl)cc3)c3cncn3C)cc2c(Cl)c1-c1ccccc1.CSc1nc2ccc(C(O)(c3sc(C)nc3C)c3cncn3C)cc2c(Cl)c1-c1ccccc1.Cn1cncc1C(O)(c1ccc(Cl)cc1)c1ccc2nc(OCCN3CC3)c(-c3ccccc3)c(Cl)c2c1. The van der Waals surface area contributed by atoms with Gasteiger partial charge in [-0.25, -0.2) is 44.9 Å². The van der Waals surface area contributed by atoms with Gasteiger partial charge in [-0.1, -0.05) is 263 Å². The molecule has 0 aliphatic carbocycles. The van der Waals surface area contributed by atoms with Crippen LogP contribution in [0.1, 0.15) is 77.3 Å². The van der Waals surface area contributed by atoms with Crippen LogP contribution in [0.25, 0.3) is 88.1 Å². The number of aryl methyl sites for hydroxylation is 6. The first-order valence-electron chi connectivity index (χ1n) is 45.5. The van der Waals surface area contributed by atoms with Crippen LogP contribution in [0, 0.1) is 13.8 Å². The summed E-state index contributed by atoms with van der Waals surface area (Å²) in [5.41, 5.74) is 11.3. The summed E-state index contributed by atoms with van der Waals surface area (Å²) in [6.07, 6.45) is 15.3. The maximum atomic E-state index is 12.4. The third-order valence-electron chi connectivity index (χ3n) is 25.3. The fraction of sp³-hybridized carbons (Fsp3) is 0.170. The lowest BCUT2D eigenvalue weighted by Gasteiger charge is -2.30. The molecule has 22 nitrogen and oxygen atoms in total. The molecule has 0 spiro atoms. The molecule has 0 saturated carbocycles. The number of imidazole rings is 4. The fourth-order valence-electron chi connectivity index (χ4n) is 18.0. The van der Waals surface area contributed by atoms with Gasteiger partial charge in [0.25, 0.3) is 0 Å². The van der Waals surface area contributed by atoms with Crippen LogP contribution in [-0.4, -0.2) is 148 Å². The first-order chi connectivity index (χ1) is 69.1. The zero-order chi connectivity index (χ0) is 100. The normalized spacial score (nSPS) is 13.6. The molecule has 4 atom stereocenters. The second-order valence-electron chi connectivity index (χ2n) is 34.3. The van der Waals surface area contributed by atoms with E-state index in [1.165, 1.54) is 11.3 Å². The Labute approximate surface area is 869 Å². The number of aliphatic hydroxyl groups is 4. The topological polar surface area (TPSA) is 257 Å². The molecular weight excluding hydrogens is 1980 g/mol. The molecule has 0 radical (unpaired) electrons. The summed E-state index contributed by atoms with van der Waals surface area (Å²) in [6, 6.07) is 83.4. The number of nitrogens with zero attached hydrogens (tertiary/aromatic N) is 14. The second-order valence-corrected chi connectivity index (χ2v) is 39.1. The predicted octanol–water partition coefficient (Wildman–Crippen LogP) is 24.8. The predicted molar refractivity (Wildman–Crippen MR) is 574 cm³/mol. The summed E-state index contributed by atoms with van der Waals surface area (Å²) in [6.45, 7) is 8.22. The molecule has 4 N–H and O–H groups in total. The quantitative estimate of drug-likeness (QED) is 0.0223. The second kappa shape index (κ2) is 42.9. The number of benzene rings is 11. The molecule has 31 heteroatoms. The van der Waals surface area contributed by atoms with Gasteiger partial charge < -0.3 is 57.6 Å². The molecule has 0 amide bonds. The van der Waals surface area contributed by atoms with Crippen LogP contribution in [-0.2, 0) is 55.3 Å². The molecule has 11 aromatic carbocycles. The van der Waals surface area contributed by atoms with E-state index in [-0.39, 0.29) is 0 Å². The number of methoxy groups -OCH3 is 2. The molecule has 10 heterocycles. The lowest BCUT2D eigenvalue weighted by Crippen LogP contribution is -2.31. The van der Waals surface area contributed by atoms with E-state index >= 15 is 0 Å². The van der Waals surface area contributed by atoms with Crippen LogP contribution in [0.3, 0.4) is 0 Å². The Balaban J connectivity index is 0.000000126. The molecule has 4 unspecified atom stereocenters. The van der Waals surface area contributed by atoms with Crippen molar-refractivity contribution in [2.24, 2.45) is 28.2 Å². The highest BCUT2D eigenvalue weighted by molar-refractivity contribution is 7.98. The summed E-state index contributed by atoms with van der Waals surface area (Å²) in [7, 11) is 10.6. The van der Waals surface area contributed by atoms with Gasteiger partial charge in [-0.3, -0.25) is 4.90 Å². The van der Waals surface area contributed by atoms with Crippen LogP contribution < -0.4 is 14.2 Å². The minimum absolute atomic E-state index is 0.333. The lowest BCUT2D eigenvalue weighted by atomic mass is 9.83. The van der Waals surface area contributed by atoms with Crippen LogP contribution in [0.4, 0.5) is 0 Å². The average molecular weight is 2080 g/mol. The number of thiazole rings is 1. The van der Waals surface area contributed by atoms with E-state index in [0.29, 0.717) is 173 Å². The Bertz CT molecular complexity index is 8010.